The van der Waals surface area contributed by atoms with Gasteiger partial charge in [-0.2, -0.15) is 0 Å². The fourth-order valence-electron chi connectivity index (χ4n) is 1.52. The Balaban J connectivity index is 3.42. The largest absolute Gasteiger partial charge is 0.370 e. The van der Waals surface area contributed by atoms with E-state index in [4.69, 9.17) is 4.74 Å². The van der Waals surface area contributed by atoms with Crippen LogP contribution in [-0.2, 0) is 9.53 Å². The van der Waals surface area contributed by atoms with Gasteiger partial charge in [0.1, 0.15) is 6.61 Å². The molecule has 0 aliphatic heterocycles. The molecule has 0 spiro atoms. The maximum atomic E-state index is 11.5. The third kappa shape index (κ3) is 18.0. The van der Waals surface area contributed by atoms with Crippen LogP contribution < -0.4 is 16.0 Å². The summed E-state index contributed by atoms with van der Waals surface area (Å²) in [7, 11) is 3.68. The van der Waals surface area contributed by atoms with E-state index in [1.54, 1.807) is 0 Å². The van der Waals surface area contributed by atoms with Gasteiger partial charge in [-0.05, 0) is 6.92 Å². The van der Waals surface area contributed by atoms with Crippen molar-refractivity contribution in [2.24, 2.45) is 5.92 Å². The zero-order valence-electron chi connectivity index (χ0n) is 15.6. The Kier molecular flexibility index (Phi) is 15.8. The van der Waals surface area contributed by atoms with Crippen molar-refractivity contribution in [1.82, 2.24) is 16.0 Å². The molecule has 140 valence electrons. The van der Waals surface area contributed by atoms with E-state index in [1.807, 2.05) is 35.4 Å². The molecule has 0 rings (SSSR count). The van der Waals surface area contributed by atoms with Crippen LogP contribution in [0, 0.1) is 17.8 Å². The number of nitrogens with one attached hydrogen (secondary N) is 3. The molecule has 1 unspecified atom stereocenters. The first-order valence-corrected chi connectivity index (χ1v) is 10.9. The monoisotopic (exact) mass is 375 g/mol. The van der Waals surface area contributed by atoms with E-state index in [0.717, 1.165) is 18.8 Å². The molecule has 0 aromatic heterocycles. The predicted molar refractivity (Wildman–Crippen MR) is 107 cm³/mol. The minimum atomic E-state index is -0.122. The second-order valence-corrected chi connectivity index (χ2v) is 8.76. The molecule has 0 aromatic carbocycles. The van der Waals surface area contributed by atoms with Crippen LogP contribution in [0.5, 0.6) is 0 Å². The fraction of sp³-hybridized carbons (Fsp3) is 0.824. The van der Waals surface area contributed by atoms with E-state index in [9.17, 15) is 4.79 Å². The number of carbonyl (C=O) groups is 1. The zero-order chi connectivity index (χ0) is 18.2. The van der Waals surface area contributed by atoms with E-state index in [2.05, 4.69) is 48.6 Å². The smallest absolute Gasteiger partial charge is 0.246 e. The lowest BCUT2D eigenvalue weighted by atomic mass is 10.2. The highest BCUT2D eigenvalue weighted by atomic mass is 33.1. The van der Waals surface area contributed by atoms with Crippen molar-refractivity contribution in [3.8, 4) is 11.8 Å². The van der Waals surface area contributed by atoms with Crippen molar-refractivity contribution in [3.05, 3.63) is 0 Å². The van der Waals surface area contributed by atoms with E-state index in [0.29, 0.717) is 30.5 Å². The van der Waals surface area contributed by atoms with Crippen molar-refractivity contribution < 1.29 is 9.53 Å². The highest BCUT2D eigenvalue weighted by molar-refractivity contribution is 8.76. The molecule has 1 atom stereocenters. The average molecular weight is 376 g/mol. The molecule has 0 saturated carbocycles. The Hall–Kier alpha value is -0.390. The zero-order valence-corrected chi connectivity index (χ0v) is 17.2. The highest BCUT2D eigenvalue weighted by Gasteiger charge is 2.03. The van der Waals surface area contributed by atoms with Gasteiger partial charge in [0.2, 0.25) is 5.91 Å². The molecule has 24 heavy (non-hydrogen) atoms. The van der Waals surface area contributed by atoms with Crippen LogP contribution in [0.1, 0.15) is 34.6 Å². The summed E-state index contributed by atoms with van der Waals surface area (Å²) in [6.07, 6.45) is 0. The van der Waals surface area contributed by atoms with Crippen molar-refractivity contribution in [1.29, 1.82) is 0 Å². The molecule has 0 heterocycles. The molecular formula is C17H33N3O2S2. The van der Waals surface area contributed by atoms with Gasteiger partial charge in [0, 0.05) is 30.8 Å². The van der Waals surface area contributed by atoms with Crippen LogP contribution in [0.25, 0.3) is 0 Å². The lowest BCUT2D eigenvalue weighted by Crippen LogP contribution is -2.31. The first kappa shape index (κ1) is 23.6. The molecule has 7 heteroatoms. The molecule has 0 radical (unpaired) electrons. The Morgan fingerprint density at radius 3 is 2.54 bits per heavy atom. The van der Waals surface area contributed by atoms with Gasteiger partial charge in [-0.1, -0.05) is 61.1 Å². The molecule has 0 aromatic rings. The summed E-state index contributed by atoms with van der Waals surface area (Å²) in [6.45, 7) is 13.2. The first-order chi connectivity index (χ1) is 11.4. The molecule has 0 bridgehead atoms. The minimum Gasteiger partial charge on any atom is -0.370 e. The summed E-state index contributed by atoms with van der Waals surface area (Å²) < 4.78 is 5.34. The van der Waals surface area contributed by atoms with Gasteiger partial charge in [-0.3, -0.25) is 4.79 Å². The van der Waals surface area contributed by atoms with Crippen molar-refractivity contribution in [2.45, 2.75) is 46.0 Å². The number of rotatable bonds is 13. The summed E-state index contributed by atoms with van der Waals surface area (Å²) in [6, 6.07) is 0.544. The van der Waals surface area contributed by atoms with Gasteiger partial charge >= 0.3 is 0 Å². The van der Waals surface area contributed by atoms with Crippen LogP contribution >= 0.6 is 21.6 Å². The van der Waals surface area contributed by atoms with Gasteiger partial charge in [0.05, 0.1) is 18.5 Å². The second kappa shape index (κ2) is 16.1. The maximum Gasteiger partial charge on any atom is 0.246 e. The third-order valence-corrected chi connectivity index (χ3v) is 5.36. The Labute approximate surface area is 155 Å². The van der Waals surface area contributed by atoms with Crippen LogP contribution in [-0.4, -0.2) is 55.9 Å². The predicted octanol–water partition coefficient (Wildman–Crippen LogP) is 2.09. The molecule has 0 fully saturated rings. The lowest BCUT2D eigenvalue weighted by Gasteiger charge is -2.13. The number of hydrogen-bond donors (Lipinski definition) is 3. The fourth-order valence-corrected chi connectivity index (χ4v) is 3.56. The molecule has 0 saturated heterocycles. The van der Waals surface area contributed by atoms with Crippen molar-refractivity contribution >= 4 is 27.5 Å². The first-order valence-electron chi connectivity index (χ1n) is 8.49. The van der Waals surface area contributed by atoms with Crippen LogP contribution in [0.3, 0.4) is 0 Å². The Morgan fingerprint density at radius 1 is 1.12 bits per heavy atom. The quantitative estimate of drug-likeness (QED) is 0.198. The lowest BCUT2D eigenvalue weighted by molar-refractivity contribution is -0.125. The number of hydrogen-bond acceptors (Lipinski definition) is 6. The van der Waals surface area contributed by atoms with Gasteiger partial charge < -0.3 is 20.7 Å². The van der Waals surface area contributed by atoms with E-state index < -0.39 is 0 Å². The molecular weight excluding hydrogens is 342 g/mol. The van der Waals surface area contributed by atoms with Crippen LogP contribution in [0.4, 0.5) is 0 Å². The SMILES string of the molecule is CC(C)C#CCNC(=O)COCCNC(C)SSCCNC(C)C. The maximum absolute atomic E-state index is 11.5. The summed E-state index contributed by atoms with van der Waals surface area (Å²) in [5, 5.41) is 9.83. The van der Waals surface area contributed by atoms with Gasteiger partial charge in [0.25, 0.3) is 0 Å². The van der Waals surface area contributed by atoms with Crippen molar-refractivity contribution in [3.63, 3.8) is 0 Å². The van der Waals surface area contributed by atoms with Gasteiger partial charge in [-0.25, -0.2) is 0 Å². The second-order valence-electron chi connectivity index (χ2n) is 5.93. The van der Waals surface area contributed by atoms with Crippen LogP contribution in [0.2, 0.25) is 0 Å². The highest BCUT2D eigenvalue weighted by Crippen LogP contribution is 2.24. The number of carbonyl (C=O) groups excluding carboxylic acids is 1. The molecule has 0 aliphatic carbocycles. The molecule has 5 nitrogen and oxygen atoms in total. The van der Waals surface area contributed by atoms with E-state index in [-0.39, 0.29) is 12.5 Å². The summed E-state index contributed by atoms with van der Waals surface area (Å²) >= 11 is 0. The van der Waals surface area contributed by atoms with E-state index >= 15 is 0 Å². The summed E-state index contributed by atoms with van der Waals surface area (Å²) in [5.74, 6) is 7.20. The Bertz CT molecular complexity index is 382. The Morgan fingerprint density at radius 2 is 1.88 bits per heavy atom. The number of amides is 1. The van der Waals surface area contributed by atoms with Crippen LogP contribution in [0.15, 0.2) is 0 Å². The topological polar surface area (TPSA) is 62.4 Å². The minimum absolute atomic E-state index is 0.0855. The van der Waals surface area contributed by atoms with Gasteiger partial charge in [-0.15, -0.1) is 0 Å². The average Bonchev–Trinajstić information content (AvgIpc) is 2.50. The number of ether oxygens (including phenoxy) is 1. The standard InChI is InChI=1S/C17H33N3O2S2/c1-14(2)7-6-8-20-17(21)13-22-11-9-19-16(5)24-23-12-10-18-15(3)4/h14-16,18-19H,8-13H2,1-5H3,(H,20,21). The summed E-state index contributed by atoms with van der Waals surface area (Å²) in [4.78, 5) is 11.5. The normalized spacial score (nSPS) is 12.1. The third-order valence-electron chi connectivity index (χ3n) is 2.63. The molecule has 3 N–H and O–H groups in total. The summed E-state index contributed by atoms with van der Waals surface area (Å²) in [5.41, 5.74) is 0. The van der Waals surface area contributed by atoms with Crippen molar-refractivity contribution in [2.75, 3.05) is 38.6 Å². The molecule has 1 amide bonds. The molecule has 0 aliphatic rings. The van der Waals surface area contributed by atoms with E-state index in [1.165, 1.54) is 0 Å². The van der Waals surface area contributed by atoms with Gasteiger partial charge in [0.15, 0.2) is 0 Å².